The van der Waals surface area contributed by atoms with Crippen LogP contribution in [0.3, 0.4) is 0 Å². The number of nitrogens with zero attached hydrogens (tertiary/aromatic N) is 8. The van der Waals surface area contributed by atoms with Gasteiger partial charge in [-0.05, 0) is 62.7 Å². The van der Waals surface area contributed by atoms with E-state index in [-0.39, 0.29) is 43.3 Å². The van der Waals surface area contributed by atoms with Crippen molar-refractivity contribution in [1.29, 1.82) is 0 Å². The molecule has 0 aromatic carbocycles. The zero-order valence-electron chi connectivity index (χ0n) is 28.6. The number of nitrogens with one attached hydrogen (secondary N) is 2. The maximum Gasteiger partial charge on any atom is 0.248 e. The third-order valence-corrected chi connectivity index (χ3v) is 12.4. The quantitative estimate of drug-likeness (QED) is 0.181. The Morgan fingerprint density at radius 1 is 0.673 bits per heavy atom. The summed E-state index contributed by atoms with van der Waals surface area (Å²) in [7, 11) is 0. The van der Waals surface area contributed by atoms with Crippen LogP contribution in [0.5, 0.6) is 0 Å². The molecule has 2 unspecified atom stereocenters. The number of likely N-dealkylation sites (tertiary alicyclic amines) is 2. The van der Waals surface area contributed by atoms with Gasteiger partial charge in [0, 0.05) is 86.8 Å². The second-order valence-electron chi connectivity index (χ2n) is 15.7. The average Bonchev–Trinajstić information content (AvgIpc) is 3.92. The van der Waals surface area contributed by atoms with E-state index in [9.17, 15) is 17.6 Å². The molecule has 0 bridgehead atoms. The first-order valence-electron chi connectivity index (χ1n) is 18.5. The van der Waals surface area contributed by atoms with Crippen molar-refractivity contribution in [3.8, 4) is 0 Å². The molecule has 11 nitrogen and oxygen atoms in total. The molecule has 4 aliphatic rings. The number of imidazole rings is 2. The van der Waals surface area contributed by atoms with Crippen LogP contribution in [0, 0.1) is 11.8 Å². The third kappa shape index (κ3) is 5.25. The highest BCUT2D eigenvalue weighted by Crippen LogP contribution is 2.50. The lowest BCUT2D eigenvalue weighted by molar-refractivity contribution is -0.166. The molecular formula is C37H40F4N10O. The number of aromatic amines is 2. The van der Waals surface area contributed by atoms with Crippen LogP contribution in [0.1, 0.15) is 74.6 Å². The van der Waals surface area contributed by atoms with Crippen LogP contribution in [0.15, 0.2) is 49.3 Å². The minimum atomic E-state index is -2.83. The number of alkyl halides is 4. The van der Waals surface area contributed by atoms with E-state index in [1.165, 1.54) is 0 Å². The molecule has 2 aliphatic carbocycles. The predicted octanol–water partition coefficient (Wildman–Crippen LogP) is 6.19. The SMILES string of the molecule is O=C([C@@H](C1CC(F)(F)C1)N1CCCC(c2cnc3cnc4[nH]ccc4n23)C1)[C@@H](C1CC(F)(F)C1)N1CCCC(c2cnc3cnc4[nH]ccc4n23)C1. The summed E-state index contributed by atoms with van der Waals surface area (Å²) in [5.41, 5.74) is 6.70. The molecule has 0 radical (unpaired) electrons. The molecule has 272 valence electrons. The summed E-state index contributed by atoms with van der Waals surface area (Å²) in [4.78, 5) is 43.9. The standard InChI is InChI=1S/C37H40F4N10O/c38-36(39)11-23(12-36)31(48-9-1-3-21(19-48)27-15-44-29-17-46-34-25(50(27)29)5-7-42-34)33(52)32(24-13-37(40,41)14-24)49-10-2-4-22(20-49)28-16-45-30-18-47-35-26(51(28)30)6-8-43-35/h5-8,15-18,21-24,31-32,42-43H,1-4,9-14,19-20H2/t21?,22?,31-,32-/m1/s1. The van der Waals surface area contributed by atoms with Gasteiger partial charge in [0.1, 0.15) is 0 Å². The van der Waals surface area contributed by atoms with Crippen molar-refractivity contribution in [3.05, 3.63) is 60.7 Å². The van der Waals surface area contributed by atoms with Gasteiger partial charge in [0.2, 0.25) is 11.8 Å². The summed E-state index contributed by atoms with van der Waals surface area (Å²) in [6.07, 6.45) is 12.6. The van der Waals surface area contributed by atoms with Gasteiger partial charge in [-0.2, -0.15) is 0 Å². The molecule has 8 heterocycles. The topological polar surface area (TPSA) is 116 Å². The van der Waals surface area contributed by atoms with Crippen LogP contribution < -0.4 is 0 Å². The Morgan fingerprint density at radius 3 is 1.54 bits per heavy atom. The molecule has 52 heavy (non-hydrogen) atoms. The molecule has 2 aliphatic heterocycles. The van der Waals surface area contributed by atoms with Gasteiger partial charge in [-0.3, -0.25) is 23.4 Å². The Bertz CT molecular complexity index is 2130. The smallest absolute Gasteiger partial charge is 0.248 e. The van der Waals surface area contributed by atoms with Crippen molar-refractivity contribution in [1.82, 2.24) is 48.5 Å². The monoisotopic (exact) mass is 716 g/mol. The van der Waals surface area contributed by atoms with Crippen LogP contribution in [-0.2, 0) is 4.79 Å². The van der Waals surface area contributed by atoms with Crippen molar-refractivity contribution >= 4 is 39.4 Å². The number of piperidine rings is 2. The van der Waals surface area contributed by atoms with Crippen LogP contribution in [0.25, 0.3) is 33.6 Å². The number of Topliss-reactive ketones (excluding diaryl/α,β-unsaturated/α-hetero) is 1. The number of fused-ring (bicyclic) bond motifs is 6. The largest absolute Gasteiger partial charge is 0.345 e. The highest BCUT2D eigenvalue weighted by molar-refractivity contribution is 5.90. The number of ketones is 1. The molecule has 2 N–H and O–H groups in total. The molecular weight excluding hydrogens is 676 g/mol. The van der Waals surface area contributed by atoms with Crippen molar-refractivity contribution < 1.29 is 22.4 Å². The number of H-pyrrole nitrogens is 2. The molecule has 10 rings (SSSR count). The number of carbonyl (C=O) groups is 1. The van der Waals surface area contributed by atoms with E-state index in [1.807, 2.05) is 36.9 Å². The fourth-order valence-electron chi connectivity index (χ4n) is 10.0. The molecule has 4 atom stereocenters. The van der Waals surface area contributed by atoms with Crippen molar-refractivity contribution in [3.63, 3.8) is 0 Å². The van der Waals surface area contributed by atoms with Gasteiger partial charge >= 0.3 is 0 Å². The van der Waals surface area contributed by atoms with Crippen LogP contribution in [0.4, 0.5) is 17.6 Å². The fraction of sp³-hybridized carbons (Fsp3) is 0.541. The van der Waals surface area contributed by atoms with E-state index >= 15 is 4.79 Å². The van der Waals surface area contributed by atoms with E-state index < -0.39 is 35.8 Å². The van der Waals surface area contributed by atoms with E-state index in [1.54, 1.807) is 12.4 Å². The predicted molar refractivity (Wildman–Crippen MR) is 185 cm³/mol. The molecule has 2 saturated heterocycles. The van der Waals surface area contributed by atoms with Crippen LogP contribution in [-0.4, -0.2) is 104 Å². The number of aromatic nitrogens is 8. The molecule has 0 amide bonds. The Balaban J connectivity index is 0.982. The number of halogens is 4. The highest BCUT2D eigenvalue weighted by atomic mass is 19.3. The number of hydrogen-bond donors (Lipinski definition) is 2. The Hall–Kier alpha value is -4.37. The molecule has 6 aromatic rings. The first-order valence-corrected chi connectivity index (χ1v) is 18.5. The van der Waals surface area contributed by atoms with Gasteiger partial charge < -0.3 is 9.97 Å². The Kier molecular flexibility index (Phi) is 7.34. The second-order valence-corrected chi connectivity index (χ2v) is 15.7. The number of carbonyl (C=O) groups excluding carboxylic acids is 1. The minimum Gasteiger partial charge on any atom is -0.345 e. The maximum atomic E-state index is 15.2. The zero-order chi connectivity index (χ0) is 35.4. The van der Waals surface area contributed by atoms with Gasteiger partial charge in [0.25, 0.3) is 0 Å². The van der Waals surface area contributed by atoms with E-state index in [0.717, 1.165) is 70.7 Å². The van der Waals surface area contributed by atoms with Crippen molar-refractivity contribution in [2.75, 3.05) is 26.2 Å². The van der Waals surface area contributed by atoms with Crippen molar-refractivity contribution in [2.24, 2.45) is 11.8 Å². The first kappa shape index (κ1) is 32.3. The lowest BCUT2D eigenvalue weighted by Crippen LogP contribution is -2.63. The number of hydrogen-bond acceptors (Lipinski definition) is 7. The Morgan fingerprint density at radius 2 is 1.12 bits per heavy atom. The van der Waals surface area contributed by atoms with Crippen LogP contribution >= 0.6 is 0 Å². The van der Waals surface area contributed by atoms with E-state index in [0.29, 0.717) is 26.2 Å². The molecule has 2 saturated carbocycles. The highest BCUT2D eigenvalue weighted by Gasteiger charge is 2.57. The third-order valence-electron chi connectivity index (χ3n) is 12.4. The molecule has 0 spiro atoms. The summed E-state index contributed by atoms with van der Waals surface area (Å²) < 4.78 is 62.6. The summed E-state index contributed by atoms with van der Waals surface area (Å²) in [6, 6.07) is 2.35. The van der Waals surface area contributed by atoms with Gasteiger partial charge in [-0.1, -0.05) is 0 Å². The van der Waals surface area contributed by atoms with Crippen molar-refractivity contribution in [2.45, 2.75) is 87.1 Å². The summed E-state index contributed by atoms with van der Waals surface area (Å²) in [6.45, 7) is 2.18. The zero-order valence-corrected chi connectivity index (χ0v) is 28.6. The normalized spacial score (nSPS) is 25.8. The van der Waals surface area contributed by atoms with Crippen LogP contribution in [0.2, 0.25) is 0 Å². The molecule has 6 aromatic heterocycles. The second kappa shape index (κ2) is 11.8. The lowest BCUT2D eigenvalue weighted by atomic mass is 9.68. The minimum absolute atomic E-state index is 0.000828. The van der Waals surface area contributed by atoms with Gasteiger partial charge in [-0.25, -0.2) is 37.5 Å². The lowest BCUT2D eigenvalue weighted by Gasteiger charge is -2.51. The summed E-state index contributed by atoms with van der Waals surface area (Å²) >= 11 is 0. The van der Waals surface area contributed by atoms with Gasteiger partial charge in [0.15, 0.2) is 28.4 Å². The molecule has 15 heteroatoms. The fourth-order valence-corrected chi connectivity index (χ4v) is 10.0. The first-order chi connectivity index (χ1) is 25.1. The molecule has 4 fully saturated rings. The summed E-state index contributed by atoms with van der Waals surface area (Å²) in [5.74, 6) is -6.91. The number of rotatable bonds is 8. The Labute approximate surface area is 295 Å². The average molecular weight is 717 g/mol. The maximum absolute atomic E-state index is 15.2. The van der Waals surface area contributed by atoms with E-state index in [2.05, 4.69) is 48.5 Å². The van der Waals surface area contributed by atoms with Gasteiger partial charge in [-0.15, -0.1) is 0 Å². The summed E-state index contributed by atoms with van der Waals surface area (Å²) in [5, 5.41) is 0. The van der Waals surface area contributed by atoms with E-state index in [4.69, 9.17) is 0 Å². The van der Waals surface area contributed by atoms with Gasteiger partial charge in [0.05, 0.1) is 35.5 Å².